The zero-order valence-corrected chi connectivity index (χ0v) is 16.8. The number of hydrazine groups is 1. The molecular weight excluding hydrogens is 394 g/mol. The number of amides is 1. The number of carbonyl (C=O) groups is 1. The van der Waals surface area contributed by atoms with Crippen LogP contribution >= 0.6 is 11.6 Å². The van der Waals surface area contributed by atoms with Gasteiger partial charge in [-0.15, -0.1) is 0 Å². The first-order valence-electron chi connectivity index (χ1n) is 9.75. The van der Waals surface area contributed by atoms with Crippen molar-refractivity contribution in [2.24, 2.45) is 5.92 Å². The van der Waals surface area contributed by atoms with Crippen molar-refractivity contribution in [3.8, 4) is 0 Å². The van der Waals surface area contributed by atoms with Crippen LogP contribution in [0.3, 0.4) is 0 Å². The van der Waals surface area contributed by atoms with Gasteiger partial charge >= 0.3 is 6.09 Å². The number of piperidine rings is 1. The Hall–Kier alpha value is -2.71. The average Bonchev–Trinajstić information content (AvgIpc) is 3.26. The van der Waals surface area contributed by atoms with Gasteiger partial charge in [-0.2, -0.15) is 0 Å². The topological polar surface area (TPSA) is 79.0 Å². The first-order valence-corrected chi connectivity index (χ1v) is 10.1. The van der Waals surface area contributed by atoms with Gasteiger partial charge in [-0.3, -0.25) is 5.43 Å². The van der Waals surface area contributed by atoms with E-state index >= 15 is 0 Å². The molecule has 0 unspecified atom stereocenters. The number of hydroxylamine groups is 1. The number of fused-ring (bicyclic) bond motifs is 1. The van der Waals surface area contributed by atoms with Gasteiger partial charge in [-0.05, 0) is 60.7 Å². The van der Waals surface area contributed by atoms with E-state index in [2.05, 4.69) is 27.8 Å². The molecule has 1 aromatic heterocycles. The van der Waals surface area contributed by atoms with Gasteiger partial charge in [0.05, 0.1) is 11.7 Å². The van der Waals surface area contributed by atoms with Gasteiger partial charge in [0, 0.05) is 30.0 Å². The van der Waals surface area contributed by atoms with Crippen LogP contribution in [0, 0.1) is 5.92 Å². The molecule has 1 aromatic carbocycles. The number of carbonyl (C=O) groups excluding carboxylic acids is 1. The Bertz CT molecular complexity index is 878. The molecule has 29 heavy (non-hydrogen) atoms. The van der Waals surface area contributed by atoms with Gasteiger partial charge in [0.25, 0.3) is 0 Å². The van der Waals surface area contributed by atoms with Crippen LogP contribution in [0.5, 0.6) is 0 Å². The molecule has 9 heteroatoms. The minimum absolute atomic E-state index is 0.0161. The number of anilines is 1. The van der Waals surface area contributed by atoms with Gasteiger partial charge in [-0.1, -0.05) is 11.6 Å². The van der Waals surface area contributed by atoms with Gasteiger partial charge < -0.3 is 19.8 Å². The maximum atomic E-state index is 11.7. The summed E-state index contributed by atoms with van der Waals surface area (Å²) in [5.41, 5.74) is 3.72. The zero-order valence-electron chi connectivity index (χ0n) is 16.0. The standard InChI is InChI=1S/C20H24ClN5O3/c21-17-2-3-18-16(13-17)1-4-19(24-18)25-10-6-15(7-11-25)5-8-22-20(27)28-14-26-23-9-12-29-26/h1-4,9,12-13,15,23H,5-8,10-11,14H2,(H,22,27). The van der Waals surface area contributed by atoms with E-state index in [9.17, 15) is 4.79 Å². The number of pyridine rings is 1. The van der Waals surface area contributed by atoms with Crippen LogP contribution < -0.4 is 15.6 Å². The number of aromatic nitrogens is 1. The second-order valence-corrected chi connectivity index (χ2v) is 7.57. The van der Waals surface area contributed by atoms with Crippen molar-refractivity contribution in [3.05, 3.63) is 47.8 Å². The lowest BCUT2D eigenvalue weighted by molar-refractivity contribution is -0.161. The first kappa shape index (κ1) is 19.6. The van der Waals surface area contributed by atoms with E-state index in [4.69, 9.17) is 26.2 Å². The van der Waals surface area contributed by atoms with E-state index < -0.39 is 6.09 Å². The smallest absolute Gasteiger partial charge is 0.408 e. The molecule has 2 N–H and O–H groups in total. The summed E-state index contributed by atoms with van der Waals surface area (Å²) in [6.07, 6.45) is 5.72. The van der Waals surface area contributed by atoms with Crippen LogP contribution in [0.2, 0.25) is 5.02 Å². The molecule has 0 bridgehead atoms. The van der Waals surface area contributed by atoms with Crippen LogP contribution in [0.15, 0.2) is 42.8 Å². The second kappa shape index (κ2) is 9.19. The van der Waals surface area contributed by atoms with Crippen molar-refractivity contribution in [1.29, 1.82) is 0 Å². The van der Waals surface area contributed by atoms with Crippen LogP contribution in [0.1, 0.15) is 19.3 Å². The number of rotatable bonds is 6. The highest BCUT2D eigenvalue weighted by Crippen LogP contribution is 2.26. The predicted octanol–water partition coefficient (Wildman–Crippen LogP) is 3.40. The van der Waals surface area contributed by atoms with Gasteiger partial charge in [0.15, 0.2) is 6.73 Å². The van der Waals surface area contributed by atoms with Gasteiger partial charge in [0.2, 0.25) is 0 Å². The van der Waals surface area contributed by atoms with Gasteiger partial charge in [0.1, 0.15) is 12.1 Å². The van der Waals surface area contributed by atoms with Crippen molar-refractivity contribution in [3.63, 3.8) is 0 Å². The van der Waals surface area contributed by atoms with Crippen molar-refractivity contribution >= 4 is 34.4 Å². The van der Waals surface area contributed by atoms with Crippen LogP contribution in [-0.4, -0.2) is 42.6 Å². The van der Waals surface area contributed by atoms with E-state index in [0.717, 1.165) is 54.1 Å². The highest BCUT2D eigenvalue weighted by molar-refractivity contribution is 6.31. The number of ether oxygens (including phenoxy) is 1. The quantitative estimate of drug-likeness (QED) is 0.745. The molecule has 3 heterocycles. The summed E-state index contributed by atoms with van der Waals surface area (Å²) in [4.78, 5) is 23.8. The summed E-state index contributed by atoms with van der Waals surface area (Å²) in [5, 5.41) is 5.88. The fourth-order valence-corrected chi connectivity index (χ4v) is 3.76. The molecule has 1 amide bonds. The number of nitrogens with zero attached hydrogens (tertiary/aromatic N) is 3. The maximum Gasteiger partial charge on any atom is 0.408 e. The monoisotopic (exact) mass is 417 g/mol. The minimum atomic E-state index is -0.444. The molecule has 0 spiro atoms. The molecule has 2 aliphatic heterocycles. The van der Waals surface area contributed by atoms with E-state index in [1.807, 2.05) is 18.2 Å². The number of nitrogens with one attached hydrogen (secondary N) is 2. The molecule has 0 radical (unpaired) electrons. The Morgan fingerprint density at radius 1 is 1.31 bits per heavy atom. The van der Waals surface area contributed by atoms with Gasteiger partial charge in [-0.25, -0.2) is 9.78 Å². The van der Waals surface area contributed by atoms with Crippen LogP contribution in [0.4, 0.5) is 10.6 Å². The van der Waals surface area contributed by atoms with Crippen molar-refractivity contribution in [2.75, 3.05) is 31.3 Å². The van der Waals surface area contributed by atoms with E-state index in [0.29, 0.717) is 12.5 Å². The SMILES string of the molecule is O=C(NCCC1CCN(c2ccc3cc(Cl)ccc3n2)CC1)OCN1NC=CO1. The summed E-state index contributed by atoms with van der Waals surface area (Å²) in [6, 6.07) is 9.90. The van der Waals surface area contributed by atoms with E-state index in [-0.39, 0.29) is 6.73 Å². The summed E-state index contributed by atoms with van der Waals surface area (Å²) in [5.74, 6) is 1.59. The Labute approximate surface area is 174 Å². The molecule has 1 saturated heterocycles. The zero-order chi connectivity index (χ0) is 20.1. The lowest BCUT2D eigenvalue weighted by atomic mass is 9.93. The fourth-order valence-electron chi connectivity index (χ4n) is 3.57. The molecule has 0 saturated carbocycles. The number of alkyl carbamates (subject to hydrolysis) is 1. The number of halogens is 1. The van der Waals surface area contributed by atoms with Crippen molar-refractivity contribution in [2.45, 2.75) is 19.3 Å². The molecule has 4 rings (SSSR count). The first-order chi connectivity index (χ1) is 14.2. The average molecular weight is 418 g/mol. The predicted molar refractivity (Wildman–Crippen MR) is 111 cm³/mol. The Balaban J connectivity index is 1.17. The van der Waals surface area contributed by atoms with Crippen molar-refractivity contribution < 1.29 is 14.4 Å². The van der Waals surface area contributed by atoms with Crippen LogP contribution in [-0.2, 0) is 9.57 Å². The van der Waals surface area contributed by atoms with E-state index in [1.54, 1.807) is 6.20 Å². The summed E-state index contributed by atoms with van der Waals surface area (Å²) >= 11 is 6.05. The lowest BCUT2D eigenvalue weighted by Crippen LogP contribution is -2.37. The third-order valence-corrected chi connectivity index (χ3v) is 5.42. The number of hydrogen-bond donors (Lipinski definition) is 2. The van der Waals surface area contributed by atoms with E-state index in [1.165, 1.54) is 11.4 Å². The number of hydrogen-bond acceptors (Lipinski definition) is 7. The molecular formula is C20H24ClN5O3. The lowest BCUT2D eigenvalue weighted by Gasteiger charge is -2.33. The molecule has 8 nitrogen and oxygen atoms in total. The molecule has 2 aromatic rings. The molecule has 1 fully saturated rings. The molecule has 0 atom stereocenters. The third-order valence-electron chi connectivity index (χ3n) is 5.18. The largest absolute Gasteiger partial charge is 0.428 e. The Kier molecular flexibility index (Phi) is 6.21. The molecule has 2 aliphatic rings. The summed E-state index contributed by atoms with van der Waals surface area (Å²) in [6.45, 7) is 2.55. The highest BCUT2D eigenvalue weighted by atomic mass is 35.5. The van der Waals surface area contributed by atoms with Crippen molar-refractivity contribution in [1.82, 2.24) is 20.9 Å². The maximum absolute atomic E-state index is 11.7. The summed E-state index contributed by atoms with van der Waals surface area (Å²) in [7, 11) is 0. The molecule has 154 valence electrons. The number of benzene rings is 1. The summed E-state index contributed by atoms with van der Waals surface area (Å²) < 4.78 is 5.06. The Morgan fingerprint density at radius 3 is 2.97 bits per heavy atom. The third kappa shape index (κ3) is 5.21. The normalized spacial score (nSPS) is 17.2. The molecule has 0 aliphatic carbocycles. The fraction of sp³-hybridized carbons (Fsp3) is 0.400. The Morgan fingerprint density at radius 2 is 2.17 bits per heavy atom. The minimum Gasteiger partial charge on any atom is -0.428 e. The second-order valence-electron chi connectivity index (χ2n) is 7.13. The van der Waals surface area contributed by atoms with Crippen LogP contribution in [0.25, 0.3) is 10.9 Å². The highest BCUT2D eigenvalue weighted by Gasteiger charge is 2.20.